The molecule has 1 N–H and O–H groups in total. The summed E-state index contributed by atoms with van der Waals surface area (Å²) in [7, 11) is 0. The van der Waals surface area contributed by atoms with Gasteiger partial charge in [0.1, 0.15) is 0 Å². The molecule has 112 valence electrons. The summed E-state index contributed by atoms with van der Waals surface area (Å²) in [5.41, 5.74) is 0.547. The number of rotatable bonds is 5. The van der Waals surface area contributed by atoms with Crippen LogP contribution in [0.3, 0.4) is 0 Å². The van der Waals surface area contributed by atoms with Crippen LogP contribution in [-0.2, 0) is 4.74 Å². The minimum atomic E-state index is -1.03. The molecule has 0 unspecified atom stereocenters. The number of hydrogen-bond donors (Lipinski definition) is 1. The molecule has 5 heteroatoms. The van der Waals surface area contributed by atoms with E-state index in [4.69, 9.17) is 9.84 Å². The largest absolute Gasteiger partial charge is 0.478 e. The first-order chi connectivity index (χ1) is 10.1. The fourth-order valence-corrected chi connectivity index (χ4v) is 2.40. The van der Waals surface area contributed by atoms with Gasteiger partial charge < -0.3 is 14.7 Å². The third-order valence-corrected chi connectivity index (χ3v) is 3.54. The summed E-state index contributed by atoms with van der Waals surface area (Å²) < 4.78 is 5.58. The monoisotopic (exact) mass is 289 g/mol. The van der Waals surface area contributed by atoms with Gasteiger partial charge in [-0.3, -0.25) is 4.79 Å². The maximum Gasteiger partial charge on any atom is 0.335 e. The smallest absolute Gasteiger partial charge is 0.335 e. The van der Waals surface area contributed by atoms with Gasteiger partial charge in [-0.05, 0) is 31.0 Å². The molecule has 0 saturated carbocycles. The highest BCUT2D eigenvalue weighted by atomic mass is 16.5. The van der Waals surface area contributed by atoms with Gasteiger partial charge in [0, 0.05) is 18.7 Å². The Morgan fingerprint density at radius 1 is 1.33 bits per heavy atom. The fraction of sp³-hybridized carbons (Fsp3) is 0.375. The van der Waals surface area contributed by atoms with Gasteiger partial charge in [0.05, 0.1) is 18.3 Å². The summed E-state index contributed by atoms with van der Waals surface area (Å²) in [5, 5.41) is 8.97. The van der Waals surface area contributed by atoms with Crippen LogP contribution >= 0.6 is 0 Å². The Morgan fingerprint density at radius 3 is 2.62 bits per heavy atom. The number of amides is 1. The van der Waals surface area contributed by atoms with Crippen molar-refractivity contribution in [2.24, 2.45) is 0 Å². The van der Waals surface area contributed by atoms with Gasteiger partial charge in [-0.1, -0.05) is 12.1 Å². The summed E-state index contributed by atoms with van der Waals surface area (Å²) in [6.45, 7) is 5.39. The van der Waals surface area contributed by atoms with Crippen LogP contribution in [0.1, 0.15) is 33.6 Å². The molecule has 1 aliphatic heterocycles. The normalized spacial score (nSPS) is 15.7. The maximum atomic E-state index is 12.4. The Morgan fingerprint density at radius 2 is 2.00 bits per heavy atom. The molecule has 0 spiro atoms. The minimum Gasteiger partial charge on any atom is -0.478 e. The zero-order valence-electron chi connectivity index (χ0n) is 11.8. The zero-order valence-corrected chi connectivity index (χ0v) is 11.8. The molecule has 5 nitrogen and oxygen atoms in total. The Hall–Kier alpha value is -2.14. The van der Waals surface area contributed by atoms with Gasteiger partial charge in [-0.15, -0.1) is 6.58 Å². The van der Waals surface area contributed by atoms with Crippen molar-refractivity contribution < 1.29 is 19.4 Å². The zero-order chi connectivity index (χ0) is 15.2. The van der Waals surface area contributed by atoms with Gasteiger partial charge in [-0.25, -0.2) is 4.79 Å². The predicted octanol–water partition coefficient (Wildman–Crippen LogP) is 2.19. The lowest BCUT2D eigenvalue weighted by Gasteiger charge is -2.31. The molecule has 0 aromatic heterocycles. The molecule has 21 heavy (non-hydrogen) atoms. The Labute approximate surface area is 123 Å². The highest BCUT2D eigenvalue weighted by Crippen LogP contribution is 2.17. The third-order valence-electron chi connectivity index (χ3n) is 3.54. The lowest BCUT2D eigenvalue weighted by molar-refractivity contribution is 0.0211. The van der Waals surface area contributed by atoms with Gasteiger partial charge in [0.15, 0.2) is 0 Å². The van der Waals surface area contributed by atoms with Crippen LogP contribution in [0.15, 0.2) is 36.9 Å². The molecule has 1 saturated heterocycles. The van der Waals surface area contributed by atoms with Crippen LogP contribution in [0, 0.1) is 0 Å². The number of nitrogens with zero attached hydrogens (tertiary/aromatic N) is 1. The molecule has 0 aliphatic carbocycles. The number of carbonyl (C=O) groups is 2. The van der Waals surface area contributed by atoms with Crippen LogP contribution in [0.4, 0.5) is 0 Å². The Bertz CT molecular complexity index is 533. The lowest BCUT2D eigenvalue weighted by atomic mass is 10.1. The quantitative estimate of drug-likeness (QED) is 0.844. The van der Waals surface area contributed by atoms with Gasteiger partial charge in [0.25, 0.3) is 5.91 Å². The summed E-state index contributed by atoms with van der Waals surface area (Å²) in [6, 6.07) is 6.14. The number of carboxylic acids is 1. The van der Waals surface area contributed by atoms with E-state index in [1.54, 1.807) is 23.1 Å². The number of likely N-dealkylation sites (tertiary alicyclic amines) is 1. The number of aromatic carboxylic acids is 1. The molecular formula is C16H19NO4. The van der Waals surface area contributed by atoms with Crippen LogP contribution in [0.2, 0.25) is 0 Å². The molecule has 1 aromatic carbocycles. The Kier molecular flexibility index (Phi) is 5.11. The van der Waals surface area contributed by atoms with E-state index < -0.39 is 5.97 Å². The average Bonchev–Trinajstić information content (AvgIpc) is 2.53. The predicted molar refractivity (Wildman–Crippen MR) is 78.5 cm³/mol. The van der Waals surface area contributed by atoms with E-state index >= 15 is 0 Å². The van der Waals surface area contributed by atoms with E-state index in [0.29, 0.717) is 25.3 Å². The lowest BCUT2D eigenvalue weighted by Crippen LogP contribution is -2.41. The molecule has 1 aliphatic rings. The van der Waals surface area contributed by atoms with E-state index in [0.717, 1.165) is 12.8 Å². The number of piperidine rings is 1. The molecule has 0 radical (unpaired) electrons. The molecular weight excluding hydrogens is 270 g/mol. The van der Waals surface area contributed by atoms with Crippen LogP contribution in [0.5, 0.6) is 0 Å². The van der Waals surface area contributed by atoms with E-state index in [9.17, 15) is 9.59 Å². The van der Waals surface area contributed by atoms with Crippen LogP contribution in [-0.4, -0.2) is 47.7 Å². The van der Waals surface area contributed by atoms with E-state index in [1.807, 2.05) is 0 Å². The SMILES string of the molecule is C=CCOC1CCN(C(=O)c2cccc(C(=O)O)c2)CC1. The molecule has 1 amide bonds. The second-order valence-electron chi connectivity index (χ2n) is 5.00. The van der Waals surface area contributed by atoms with Crippen molar-refractivity contribution in [1.29, 1.82) is 0 Å². The number of carbonyl (C=O) groups excluding carboxylic acids is 1. The molecule has 0 bridgehead atoms. The van der Waals surface area contributed by atoms with Crippen molar-refractivity contribution in [3.05, 3.63) is 48.0 Å². The van der Waals surface area contributed by atoms with E-state index in [2.05, 4.69) is 6.58 Å². The number of ether oxygens (including phenoxy) is 1. The van der Waals surface area contributed by atoms with Crippen LogP contribution in [0.25, 0.3) is 0 Å². The van der Waals surface area contributed by atoms with Crippen molar-refractivity contribution in [1.82, 2.24) is 4.90 Å². The fourth-order valence-electron chi connectivity index (χ4n) is 2.40. The molecule has 1 heterocycles. The average molecular weight is 289 g/mol. The number of carboxylic acid groups (broad SMARTS) is 1. The summed E-state index contributed by atoms with van der Waals surface area (Å²) in [6.07, 6.45) is 3.46. The Balaban J connectivity index is 1.97. The number of hydrogen-bond acceptors (Lipinski definition) is 3. The highest BCUT2D eigenvalue weighted by molar-refractivity contribution is 5.97. The first-order valence-corrected chi connectivity index (χ1v) is 6.97. The second-order valence-corrected chi connectivity index (χ2v) is 5.00. The summed E-state index contributed by atoms with van der Waals surface area (Å²) >= 11 is 0. The van der Waals surface area contributed by atoms with Gasteiger partial charge in [-0.2, -0.15) is 0 Å². The molecule has 1 aromatic rings. The van der Waals surface area contributed by atoms with Gasteiger partial charge >= 0.3 is 5.97 Å². The topological polar surface area (TPSA) is 66.8 Å². The van der Waals surface area contributed by atoms with Crippen molar-refractivity contribution >= 4 is 11.9 Å². The van der Waals surface area contributed by atoms with E-state index in [-0.39, 0.29) is 17.6 Å². The third kappa shape index (κ3) is 3.92. The second kappa shape index (κ2) is 7.04. The van der Waals surface area contributed by atoms with E-state index in [1.165, 1.54) is 12.1 Å². The minimum absolute atomic E-state index is 0.125. The van der Waals surface area contributed by atoms with Crippen molar-refractivity contribution in [2.45, 2.75) is 18.9 Å². The standard InChI is InChI=1S/C16H19NO4/c1-2-10-21-14-6-8-17(9-7-14)15(18)12-4-3-5-13(11-12)16(19)20/h2-5,11,14H,1,6-10H2,(H,19,20). The summed E-state index contributed by atoms with van der Waals surface area (Å²) in [5.74, 6) is -1.15. The maximum absolute atomic E-state index is 12.4. The van der Waals surface area contributed by atoms with Crippen molar-refractivity contribution in [3.63, 3.8) is 0 Å². The first kappa shape index (κ1) is 15.3. The van der Waals surface area contributed by atoms with Crippen molar-refractivity contribution in [3.8, 4) is 0 Å². The first-order valence-electron chi connectivity index (χ1n) is 6.97. The number of benzene rings is 1. The summed E-state index contributed by atoms with van der Waals surface area (Å²) in [4.78, 5) is 25.1. The molecule has 1 fully saturated rings. The van der Waals surface area contributed by atoms with Crippen molar-refractivity contribution in [2.75, 3.05) is 19.7 Å². The molecule has 0 atom stereocenters. The molecule has 2 rings (SSSR count). The highest BCUT2D eigenvalue weighted by Gasteiger charge is 2.24. The van der Waals surface area contributed by atoms with Gasteiger partial charge in [0.2, 0.25) is 0 Å². The van der Waals surface area contributed by atoms with Crippen LogP contribution < -0.4 is 0 Å².